The monoisotopic (exact) mass is 486 g/mol. The molecule has 1 heterocycles. The normalized spacial score (nSPS) is 10.7. The highest BCUT2D eigenvalue weighted by atomic mass is 79.9. The summed E-state index contributed by atoms with van der Waals surface area (Å²) in [6, 6.07) is 13.0. The maximum absolute atomic E-state index is 12.2. The predicted molar refractivity (Wildman–Crippen MR) is 115 cm³/mol. The fraction of sp³-hybridized carbons (Fsp3) is 0.111. The molecule has 3 aromatic rings. The lowest BCUT2D eigenvalue weighted by Crippen LogP contribution is -2.14. The number of halogens is 3. The first-order chi connectivity index (χ1) is 12.5. The smallest absolute Gasteiger partial charge is 0.230 e. The largest absolute Gasteiger partial charge is 0.326 e. The molecule has 3 nitrogen and oxygen atoms in total. The highest BCUT2D eigenvalue weighted by molar-refractivity contribution is 9.10. The van der Waals surface area contributed by atoms with Gasteiger partial charge in [0.25, 0.3) is 0 Å². The van der Waals surface area contributed by atoms with Crippen LogP contribution in [0.3, 0.4) is 0 Å². The summed E-state index contributed by atoms with van der Waals surface area (Å²) in [5.74, 6) is 0.610. The molecule has 1 aromatic heterocycles. The second-order valence-electron chi connectivity index (χ2n) is 5.36. The Balaban J connectivity index is 1.55. The number of anilines is 1. The van der Waals surface area contributed by atoms with Gasteiger partial charge in [0.1, 0.15) is 4.34 Å². The summed E-state index contributed by atoms with van der Waals surface area (Å²) in [6.07, 6.45) is 0.241. The van der Waals surface area contributed by atoms with Gasteiger partial charge in [0.05, 0.1) is 12.1 Å². The second-order valence-corrected chi connectivity index (χ2v) is 9.20. The zero-order chi connectivity index (χ0) is 18.5. The number of aromatic nitrogens is 1. The Morgan fingerprint density at radius 2 is 2.08 bits per heavy atom. The van der Waals surface area contributed by atoms with Gasteiger partial charge >= 0.3 is 0 Å². The van der Waals surface area contributed by atoms with Crippen molar-refractivity contribution < 1.29 is 4.79 Å². The SMILES string of the molecule is O=C(Cc1csc(SCc2ccc(Cl)cc2Cl)n1)Nc1cccc(Br)c1. The topological polar surface area (TPSA) is 42.0 Å². The van der Waals surface area contributed by atoms with E-state index in [0.29, 0.717) is 15.8 Å². The number of hydrogen-bond donors (Lipinski definition) is 1. The maximum Gasteiger partial charge on any atom is 0.230 e. The molecule has 0 spiro atoms. The molecule has 0 fully saturated rings. The van der Waals surface area contributed by atoms with E-state index in [1.165, 1.54) is 11.3 Å². The number of hydrogen-bond acceptors (Lipinski definition) is 4. The van der Waals surface area contributed by atoms with Gasteiger partial charge in [-0.1, -0.05) is 63.0 Å². The molecule has 0 saturated carbocycles. The summed E-state index contributed by atoms with van der Waals surface area (Å²) in [5.41, 5.74) is 2.52. The molecule has 0 aliphatic heterocycles. The average Bonchev–Trinajstić information content (AvgIpc) is 3.01. The molecule has 0 radical (unpaired) electrons. The Hall–Kier alpha value is -1.05. The number of carbonyl (C=O) groups excluding carboxylic acids is 1. The van der Waals surface area contributed by atoms with Crippen LogP contribution in [-0.2, 0) is 17.0 Å². The van der Waals surface area contributed by atoms with Gasteiger partial charge in [-0.15, -0.1) is 11.3 Å². The highest BCUT2D eigenvalue weighted by Crippen LogP contribution is 2.30. The van der Waals surface area contributed by atoms with Crippen LogP contribution in [0.4, 0.5) is 5.69 Å². The Morgan fingerprint density at radius 1 is 1.23 bits per heavy atom. The summed E-state index contributed by atoms with van der Waals surface area (Å²) in [4.78, 5) is 16.7. The fourth-order valence-electron chi connectivity index (χ4n) is 2.15. The standard InChI is InChI=1S/C18H13BrCl2N2OS2/c19-12-2-1-3-14(6-12)22-17(24)8-15-10-26-18(23-15)25-9-11-4-5-13(20)7-16(11)21/h1-7,10H,8-9H2,(H,22,24). The molecule has 134 valence electrons. The van der Waals surface area contributed by atoms with Crippen molar-refractivity contribution in [2.45, 2.75) is 16.5 Å². The van der Waals surface area contributed by atoms with E-state index in [4.69, 9.17) is 23.2 Å². The van der Waals surface area contributed by atoms with Crippen molar-refractivity contribution in [3.8, 4) is 0 Å². The molecular formula is C18H13BrCl2N2OS2. The molecule has 1 amide bonds. The first kappa shape index (κ1) is 19.7. The van der Waals surface area contributed by atoms with Gasteiger partial charge < -0.3 is 5.32 Å². The van der Waals surface area contributed by atoms with Crippen molar-refractivity contribution in [2.24, 2.45) is 0 Å². The third-order valence-electron chi connectivity index (χ3n) is 3.35. The van der Waals surface area contributed by atoms with E-state index < -0.39 is 0 Å². The average molecular weight is 488 g/mol. The minimum Gasteiger partial charge on any atom is -0.326 e. The Labute approximate surface area is 178 Å². The summed E-state index contributed by atoms with van der Waals surface area (Å²) >= 11 is 18.6. The van der Waals surface area contributed by atoms with E-state index in [0.717, 1.165) is 25.8 Å². The van der Waals surface area contributed by atoms with Gasteiger partial charge in [0.15, 0.2) is 0 Å². The van der Waals surface area contributed by atoms with Crippen LogP contribution in [0, 0.1) is 0 Å². The van der Waals surface area contributed by atoms with E-state index in [1.54, 1.807) is 17.8 Å². The van der Waals surface area contributed by atoms with E-state index in [2.05, 4.69) is 26.2 Å². The van der Waals surface area contributed by atoms with Crippen LogP contribution in [0.5, 0.6) is 0 Å². The third-order valence-corrected chi connectivity index (χ3v) is 6.55. The Kier molecular flexibility index (Phi) is 7.00. The molecule has 0 aliphatic carbocycles. The molecule has 0 aliphatic rings. The zero-order valence-corrected chi connectivity index (χ0v) is 18.1. The molecule has 1 N–H and O–H groups in total. The van der Waals surface area contributed by atoms with Crippen LogP contribution in [0.1, 0.15) is 11.3 Å². The lowest BCUT2D eigenvalue weighted by molar-refractivity contribution is -0.115. The molecule has 0 bridgehead atoms. The van der Waals surface area contributed by atoms with Gasteiger partial charge in [-0.3, -0.25) is 4.79 Å². The van der Waals surface area contributed by atoms with Crippen molar-refractivity contribution >= 4 is 73.8 Å². The lowest BCUT2D eigenvalue weighted by atomic mass is 10.2. The van der Waals surface area contributed by atoms with E-state index in [-0.39, 0.29) is 12.3 Å². The van der Waals surface area contributed by atoms with Crippen molar-refractivity contribution in [3.05, 3.63) is 73.6 Å². The number of nitrogens with zero attached hydrogens (tertiary/aromatic N) is 1. The third kappa shape index (κ3) is 5.72. The number of benzene rings is 2. The summed E-state index contributed by atoms with van der Waals surface area (Å²) in [7, 11) is 0. The lowest BCUT2D eigenvalue weighted by Gasteiger charge is -2.04. The van der Waals surface area contributed by atoms with E-state index >= 15 is 0 Å². The van der Waals surface area contributed by atoms with Crippen molar-refractivity contribution in [2.75, 3.05) is 5.32 Å². The molecular weight excluding hydrogens is 475 g/mol. The molecule has 2 aromatic carbocycles. The number of thiazole rings is 1. The summed E-state index contributed by atoms with van der Waals surface area (Å²) in [5, 5.41) is 6.05. The molecule has 3 rings (SSSR count). The van der Waals surface area contributed by atoms with Crippen LogP contribution in [0.15, 0.2) is 56.7 Å². The van der Waals surface area contributed by atoms with Gasteiger partial charge in [-0.25, -0.2) is 4.98 Å². The van der Waals surface area contributed by atoms with Crippen LogP contribution < -0.4 is 5.32 Å². The van der Waals surface area contributed by atoms with E-state index in [9.17, 15) is 4.79 Å². The van der Waals surface area contributed by atoms with Gasteiger partial charge in [-0.05, 0) is 35.9 Å². The molecule has 0 atom stereocenters. The van der Waals surface area contributed by atoms with Crippen molar-refractivity contribution in [1.29, 1.82) is 0 Å². The number of thioether (sulfide) groups is 1. The maximum atomic E-state index is 12.2. The fourth-order valence-corrected chi connectivity index (χ4v) is 4.95. The van der Waals surface area contributed by atoms with Crippen molar-refractivity contribution in [3.63, 3.8) is 0 Å². The molecule has 26 heavy (non-hydrogen) atoms. The van der Waals surface area contributed by atoms with Crippen LogP contribution in [0.25, 0.3) is 0 Å². The Morgan fingerprint density at radius 3 is 2.85 bits per heavy atom. The van der Waals surface area contributed by atoms with Gasteiger partial charge in [0, 0.05) is 31.3 Å². The predicted octanol–water partition coefficient (Wildman–Crippen LogP) is 6.69. The Bertz CT molecular complexity index is 933. The summed E-state index contributed by atoms with van der Waals surface area (Å²) < 4.78 is 1.82. The highest BCUT2D eigenvalue weighted by Gasteiger charge is 2.10. The number of rotatable bonds is 6. The number of nitrogens with one attached hydrogen (secondary N) is 1. The van der Waals surface area contributed by atoms with Crippen LogP contribution in [0.2, 0.25) is 10.0 Å². The minimum atomic E-state index is -0.0919. The van der Waals surface area contributed by atoms with Crippen molar-refractivity contribution in [1.82, 2.24) is 4.98 Å². The van der Waals surface area contributed by atoms with Gasteiger partial charge in [-0.2, -0.15) is 0 Å². The van der Waals surface area contributed by atoms with Crippen LogP contribution in [-0.4, -0.2) is 10.9 Å². The molecule has 8 heteroatoms. The van der Waals surface area contributed by atoms with Crippen LogP contribution >= 0.6 is 62.2 Å². The minimum absolute atomic E-state index is 0.0919. The van der Waals surface area contributed by atoms with Gasteiger partial charge in [0.2, 0.25) is 5.91 Å². The first-order valence-corrected chi connectivity index (χ1v) is 11.0. The number of carbonyl (C=O) groups is 1. The van der Waals surface area contributed by atoms with E-state index in [1.807, 2.05) is 41.8 Å². The molecule has 0 unspecified atom stereocenters. The number of amides is 1. The zero-order valence-electron chi connectivity index (χ0n) is 13.3. The summed E-state index contributed by atoms with van der Waals surface area (Å²) in [6.45, 7) is 0. The molecule has 0 saturated heterocycles. The first-order valence-electron chi connectivity index (χ1n) is 7.56. The second kappa shape index (κ2) is 9.24. The quantitative estimate of drug-likeness (QED) is 0.394.